The molecule has 0 aromatic rings. The van der Waals surface area contributed by atoms with Gasteiger partial charge in [0.05, 0.1) is 5.34 Å². The molecule has 0 N–H and O–H groups in total. The minimum absolute atomic E-state index is 0. The molecule has 0 aliphatic heterocycles. The Labute approximate surface area is 60.9 Å². The first-order valence-electron chi connectivity index (χ1n) is 0.978. The van der Waals surface area contributed by atoms with E-state index >= 15 is 0 Å². The SMILES string of the molecule is O=NOC(=O)[O-].[Na+]. The first-order valence-corrected chi connectivity index (χ1v) is 0.978. The molecule has 0 aromatic heterocycles. The monoisotopic (exact) mass is 113 g/mol. The third-order valence-corrected chi connectivity index (χ3v) is 0.112. The van der Waals surface area contributed by atoms with Crippen molar-refractivity contribution in [2.45, 2.75) is 0 Å². The molecule has 0 rings (SSSR count). The molecule has 0 aliphatic rings. The van der Waals surface area contributed by atoms with E-state index in [0.29, 0.717) is 0 Å². The van der Waals surface area contributed by atoms with Gasteiger partial charge in [0.15, 0.2) is 0 Å². The van der Waals surface area contributed by atoms with Crippen molar-refractivity contribution in [2.75, 3.05) is 0 Å². The predicted molar refractivity (Wildman–Crippen MR) is 12.3 cm³/mol. The first-order chi connectivity index (χ1) is 2.77. The largest absolute Gasteiger partial charge is 1.00 e. The van der Waals surface area contributed by atoms with Crippen LogP contribution in [0.5, 0.6) is 0 Å². The minimum Gasteiger partial charge on any atom is -0.424 e. The van der Waals surface area contributed by atoms with Crippen molar-refractivity contribution >= 4 is 6.16 Å². The third kappa shape index (κ3) is 10.7. The first kappa shape index (κ1) is 9.98. The van der Waals surface area contributed by atoms with E-state index < -0.39 is 6.16 Å². The van der Waals surface area contributed by atoms with Crippen LogP contribution in [0.4, 0.5) is 4.79 Å². The topological polar surface area (TPSA) is 78.8 Å². The average molecular weight is 113 g/mol. The number of carbonyl (C=O) groups is 1. The van der Waals surface area contributed by atoms with Crippen molar-refractivity contribution in [3.63, 3.8) is 0 Å². The number of carbonyl (C=O) groups excluding carboxylic acids is 1. The number of rotatable bonds is 1. The molecule has 0 heterocycles. The Kier molecular flexibility index (Phi) is 8.37. The summed E-state index contributed by atoms with van der Waals surface area (Å²) < 4.78 is 0. The fourth-order valence-electron chi connectivity index (χ4n) is 0.0304. The summed E-state index contributed by atoms with van der Waals surface area (Å²) in [5.74, 6) is 0. The van der Waals surface area contributed by atoms with Crippen LogP contribution >= 0.6 is 0 Å². The van der Waals surface area contributed by atoms with Gasteiger partial charge in [0, 0.05) is 0 Å². The van der Waals surface area contributed by atoms with Crippen molar-refractivity contribution < 1.29 is 44.3 Å². The Bertz CT molecular complexity index is 72.1. The van der Waals surface area contributed by atoms with E-state index in [9.17, 15) is 0 Å². The van der Waals surface area contributed by atoms with E-state index in [1.807, 2.05) is 0 Å². The molecule has 0 aliphatic carbocycles. The standard InChI is InChI=1S/CHNO4.Na/c3-1(4)6-2-5;/h(H,3,4);/q;+1/p-1. The van der Waals surface area contributed by atoms with Crippen molar-refractivity contribution in [1.29, 1.82) is 0 Å². The summed E-state index contributed by atoms with van der Waals surface area (Å²) in [6.07, 6.45) is -1.94. The molecule has 0 saturated heterocycles. The van der Waals surface area contributed by atoms with Crippen LogP contribution in [0.1, 0.15) is 0 Å². The van der Waals surface area contributed by atoms with Crippen LogP contribution in [-0.4, -0.2) is 6.16 Å². The van der Waals surface area contributed by atoms with Gasteiger partial charge in [-0.1, -0.05) is 0 Å². The van der Waals surface area contributed by atoms with Crippen molar-refractivity contribution in [3.8, 4) is 0 Å². The summed E-state index contributed by atoms with van der Waals surface area (Å²) in [4.78, 5) is 20.6. The summed E-state index contributed by atoms with van der Waals surface area (Å²) in [6, 6.07) is 0. The maximum Gasteiger partial charge on any atom is 1.00 e. The van der Waals surface area contributed by atoms with Gasteiger partial charge in [-0.2, -0.15) is 0 Å². The molecule has 7 heavy (non-hydrogen) atoms. The van der Waals surface area contributed by atoms with Crippen LogP contribution in [-0.2, 0) is 4.84 Å². The van der Waals surface area contributed by atoms with Gasteiger partial charge in [-0.05, 0) is 0 Å². The zero-order valence-electron chi connectivity index (χ0n) is 3.58. The molecule has 0 fully saturated rings. The molecule has 0 unspecified atom stereocenters. The van der Waals surface area contributed by atoms with Crippen LogP contribution in [0.3, 0.4) is 0 Å². The van der Waals surface area contributed by atoms with Crippen molar-refractivity contribution in [1.82, 2.24) is 0 Å². The van der Waals surface area contributed by atoms with Gasteiger partial charge in [-0.15, -0.1) is 4.91 Å². The van der Waals surface area contributed by atoms with E-state index in [1.54, 1.807) is 0 Å². The van der Waals surface area contributed by atoms with Crippen LogP contribution in [0.15, 0.2) is 5.34 Å². The van der Waals surface area contributed by atoms with Crippen molar-refractivity contribution in [3.05, 3.63) is 4.91 Å². The summed E-state index contributed by atoms with van der Waals surface area (Å²) in [5.41, 5.74) is 0. The van der Waals surface area contributed by atoms with Gasteiger partial charge >= 0.3 is 29.6 Å². The fourth-order valence-corrected chi connectivity index (χ4v) is 0.0304. The molecule has 6 heteroatoms. The smallest absolute Gasteiger partial charge is 0.424 e. The van der Waals surface area contributed by atoms with Gasteiger partial charge in [0.2, 0.25) is 0 Å². The molecule has 0 amide bonds. The number of nitrogens with zero attached hydrogens (tertiary/aromatic N) is 1. The Morgan fingerprint density at radius 3 is 2.14 bits per heavy atom. The Morgan fingerprint density at radius 1 is 1.71 bits per heavy atom. The quantitative estimate of drug-likeness (QED) is 0.197. The second-order valence-electron chi connectivity index (χ2n) is 0.416. The molecule has 34 valence electrons. The summed E-state index contributed by atoms with van der Waals surface area (Å²) in [6.45, 7) is 0. The number of hydrogen-bond donors (Lipinski definition) is 0. The molecule has 0 bridgehead atoms. The van der Waals surface area contributed by atoms with E-state index in [1.165, 1.54) is 5.34 Å². The Balaban J connectivity index is 0. The van der Waals surface area contributed by atoms with E-state index in [-0.39, 0.29) is 29.6 Å². The summed E-state index contributed by atoms with van der Waals surface area (Å²) in [7, 11) is 0. The molecular formula is CNNaO4. The summed E-state index contributed by atoms with van der Waals surface area (Å²) in [5, 5.41) is 10.5. The number of hydrogen-bond acceptors (Lipinski definition) is 5. The summed E-state index contributed by atoms with van der Waals surface area (Å²) >= 11 is 0. The minimum atomic E-state index is -1.94. The van der Waals surface area contributed by atoms with Crippen LogP contribution in [0, 0.1) is 4.91 Å². The average Bonchev–Trinajstić information content (AvgIpc) is 1.35. The van der Waals surface area contributed by atoms with E-state index in [4.69, 9.17) is 14.8 Å². The molecule has 0 saturated carbocycles. The molecule has 0 aromatic carbocycles. The molecule has 0 spiro atoms. The van der Waals surface area contributed by atoms with Gasteiger partial charge in [0.25, 0.3) is 6.16 Å². The molecule has 0 atom stereocenters. The molecule has 5 nitrogen and oxygen atoms in total. The van der Waals surface area contributed by atoms with Gasteiger partial charge in [-0.25, -0.2) is 0 Å². The van der Waals surface area contributed by atoms with Crippen LogP contribution in [0.25, 0.3) is 0 Å². The van der Waals surface area contributed by atoms with Gasteiger partial charge in [0.1, 0.15) is 0 Å². The zero-order valence-corrected chi connectivity index (χ0v) is 5.58. The fraction of sp³-hybridized carbons (Fsp3) is 0. The molecular weight excluding hydrogens is 113 g/mol. The second kappa shape index (κ2) is 5.87. The Morgan fingerprint density at radius 2 is 2.14 bits per heavy atom. The Hall–Kier alpha value is -0.130. The normalized spacial score (nSPS) is 5.71. The van der Waals surface area contributed by atoms with Crippen LogP contribution in [0.2, 0.25) is 0 Å². The van der Waals surface area contributed by atoms with Crippen LogP contribution < -0.4 is 34.7 Å². The maximum absolute atomic E-state index is 8.97. The molecule has 0 radical (unpaired) electrons. The number of carboxylic acid groups (broad SMARTS) is 1. The predicted octanol–water partition coefficient (Wildman–Crippen LogP) is -3.97. The third-order valence-electron chi connectivity index (χ3n) is 0.112. The zero-order chi connectivity index (χ0) is 4.99. The van der Waals surface area contributed by atoms with Gasteiger partial charge in [-0.3, -0.25) is 0 Å². The van der Waals surface area contributed by atoms with Crippen molar-refractivity contribution in [2.24, 2.45) is 5.34 Å². The second-order valence-corrected chi connectivity index (χ2v) is 0.416. The van der Waals surface area contributed by atoms with E-state index in [2.05, 4.69) is 4.84 Å². The maximum atomic E-state index is 8.97. The van der Waals surface area contributed by atoms with Gasteiger partial charge < -0.3 is 14.7 Å². The van der Waals surface area contributed by atoms with E-state index in [0.717, 1.165) is 0 Å².